The van der Waals surface area contributed by atoms with Crippen LogP contribution in [0.25, 0.3) is 0 Å². The number of rotatable bonds is 8. The van der Waals surface area contributed by atoms with Crippen molar-refractivity contribution in [3.8, 4) is 11.5 Å². The van der Waals surface area contributed by atoms with Crippen molar-refractivity contribution in [2.45, 2.75) is 31.1 Å². The number of ether oxygens (including phenoxy) is 4. The molecule has 6 heteroatoms. The molecule has 2 fully saturated rings. The van der Waals surface area contributed by atoms with E-state index in [0.29, 0.717) is 13.2 Å². The van der Waals surface area contributed by atoms with Crippen LogP contribution < -0.4 is 14.9 Å². The number of benzene rings is 2. The van der Waals surface area contributed by atoms with Crippen molar-refractivity contribution in [1.82, 2.24) is 5.43 Å². The van der Waals surface area contributed by atoms with Gasteiger partial charge in [-0.1, -0.05) is 12.1 Å². The lowest BCUT2D eigenvalue weighted by molar-refractivity contribution is 0.263. The summed E-state index contributed by atoms with van der Waals surface area (Å²) in [5.41, 5.74) is 6.43. The molecular formula is C22H24N2O4. The molecule has 146 valence electrons. The fraction of sp³-hybridized carbons (Fsp3) is 0.409. The van der Waals surface area contributed by atoms with Crippen molar-refractivity contribution in [2.24, 2.45) is 5.10 Å². The van der Waals surface area contributed by atoms with E-state index >= 15 is 0 Å². The Morgan fingerprint density at radius 1 is 0.929 bits per heavy atom. The van der Waals surface area contributed by atoms with Crippen LogP contribution in [0.2, 0.25) is 0 Å². The van der Waals surface area contributed by atoms with Gasteiger partial charge in [-0.05, 0) is 54.4 Å². The lowest BCUT2D eigenvalue weighted by Gasteiger charge is -2.24. The summed E-state index contributed by atoms with van der Waals surface area (Å²) in [6.45, 7) is 5.02. The van der Waals surface area contributed by atoms with Crippen molar-refractivity contribution < 1.29 is 18.9 Å². The first-order valence-electron chi connectivity index (χ1n) is 9.71. The third-order valence-electron chi connectivity index (χ3n) is 5.31. The predicted molar refractivity (Wildman–Crippen MR) is 105 cm³/mol. The molecule has 0 radical (unpaired) electrons. The summed E-state index contributed by atoms with van der Waals surface area (Å²) in [4.78, 5) is 0. The average Bonchev–Trinajstić information content (AvgIpc) is 3.65. The maximum atomic E-state index is 5.73. The van der Waals surface area contributed by atoms with Gasteiger partial charge in [0, 0.05) is 6.42 Å². The largest absolute Gasteiger partial charge is 0.491 e. The highest BCUT2D eigenvalue weighted by atomic mass is 16.6. The van der Waals surface area contributed by atoms with E-state index in [0.717, 1.165) is 42.4 Å². The second-order valence-electron chi connectivity index (χ2n) is 7.76. The molecule has 3 heterocycles. The maximum Gasteiger partial charge on any atom is 0.119 e. The fourth-order valence-corrected chi connectivity index (χ4v) is 3.31. The Morgan fingerprint density at radius 3 is 2.00 bits per heavy atom. The number of nitrogens with one attached hydrogen (secondary N) is 1. The Morgan fingerprint density at radius 2 is 1.46 bits per heavy atom. The molecule has 0 aliphatic carbocycles. The van der Waals surface area contributed by atoms with Gasteiger partial charge < -0.3 is 18.9 Å². The lowest BCUT2D eigenvalue weighted by atomic mass is 9.87. The van der Waals surface area contributed by atoms with E-state index in [9.17, 15) is 0 Å². The summed E-state index contributed by atoms with van der Waals surface area (Å²) in [5.74, 6) is 1.73. The van der Waals surface area contributed by atoms with Crippen LogP contribution in [-0.2, 0) is 15.0 Å². The number of hydrogen-bond acceptors (Lipinski definition) is 6. The number of epoxide rings is 2. The van der Waals surface area contributed by atoms with E-state index in [1.165, 1.54) is 5.56 Å². The van der Waals surface area contributed by atoms with E-state index in [1.807, 2.05) is 24.3 Å². The standard InChI is InChI=1S/C22H24N2O4/c1-22(16-4-8-18(9-5-16)26-12-20-14-28-20)10-21(23-24-22)15-2-6-17(7-3-15)25-11-19-13-27-19/h2-9,19-20,24H,10-14H2,1H3. The van der Waals surface area contributed by atoms with Crippen LogP contribution in [0.4, 0.5) is 0 Å². The fourth-order valence-electron chi connectivity index (χ4n) is 3.31. The van der Waals surface area contributed by atoms with Gasteiger partial charge in [0.05, 0.1) is 24.5 Å². The van der Waals surface area contributed by atoms with Crippen molar-refractivity contribution in [1.29, 1.82) is 0 Å². The topological polar surface area (TPSA) is 67.9 Å². The molecule has 3 unspecified atom stereocenters. The Hall–Kier alpha value is -2.57. The van der Waals surface area contributed by atoms with Crippen molar-refractivity contribution in [3.63, 3.8) is 0 Å². The van der Waals surface area contributed by atoms with Gasteiger partial charge in [0.2, 0.25) is 0 Å². The van der Waals surface area contributed by atoms with Gasteiger partial charge >= 0.3 is 0 Å². The summed E-state index contributed by atoms with van der Waals surface area (Å²) in [6.07, 6.45) is 1.35. The van der Waals surface area contributed by atoms with Gasteiger partial charge in [-0.3, -0.25) is 5.43 Å². The molecule has 0 bridgehead atoms. The second kappa shape index (κ2) is 7.11. The van der Waals surface area contributed by atoms with Crippen molar-refractivity contribution in [2.75, 3.05) is 26.4 Å². The van der Waals surface area contributed by atoms with Gasteiger partial charge in [0.15, 0.2) is 0 Å². The zero-order valence-corrected chi connectivity index (χ0v) is 15.9. The zero-order valence-electron chi connectivity index (χ0n) is 15.9. The van der Waals surface area contributed by atoms with E-state index in [4.69, 9.17) is 18.9 Å². The molecule has 5 rings (SSSR count). The molecule has 28 heavy (non-hydrogen) atoms. The van der Waals surface area contributed by atoms with Crippen LogP contribution in [0, 0.1) is 0 Å². The maximum absolute atomic E-state index is 5.73. The summed E-state index contributed by atoms with van der Waals surface area (Å²) >= 11 is 0. The Balaban J connectivity index is 1.20. The number of hydrazone groups is 1. The Bertz CT molecular complexity index is 857. The van der Waals surface area contributed by atoms with Crippen molar-refractivity contribution >= 4 is 5.71 Å². The smallest absolute Gasteiger partial charge is 0.119 e. The van der Waals surface area contributed by atoms with Gasteiger partial charge in [-0.15, -0.1) is 0 Å². The average molecular weight is 380 g/mol. The molecule has 1 N–H and O–H groups in total. The molecule has 2 aromatic rings. The minimum atomic E-state index is -0.230. The van der Waals surface area contributed by atoms with Crippen LogP contribution in [0.1, 0.15) is 24.5 Å². The molecule has 2 aromatic carbocycles. The first-order valence-corrected chi connectivity index (χ1v) is 9.71. The highest BCUT2D eigenvalue weighted by Gasteiger charge is 2.33. The highest BCUT2D eigenvalue weighted by Crippen LogP contribution is 2.32. The molecule has 0 amide bonds. The summed E-state index contributed by atoms with van der Waals surface area (Å²) in [7, 11) is 0. The molecule has 3 aliphatic heterocycles. The monoisotopic (exact) mass is 380 g/mol. The molecule has 3 aliphatic rings. The molecule has 0 saturated carbocycles. The minimum absolute atomic E-state index is 0.230. The predicted octanol–water partition coefficient (Wildman–Crippen LogP) is 2.85. The quantitative estimate of drug-likeness (QED) is 0.714. The summed E-state index contributed by atoms with van der Waals surface area (Å²) in [5, 5.41) is 4.60. The van der Waals surface area contributed by atoms with E-state index in [-0.39, 0.29) is 17.7 Å². The van der Waals surface area contributed by atoms with E-state index in [1.54, 1.807) is 0 Å². The lowest BCUT2D eigenvalue weighted by Crippen LogP contribution is -2.32. The number of hydrogen-bond donors (Lipinski definition) is 1. The van der Waals surface area contributed by atoms with Crippen LogP contribution in [0.5, 0.6) is 11.5 Å². The van der Waals surface area contributed by atoms with Crippen LogP contribution in [0.3, 0.4) is 0 Å². The molecular weight excluding hydrogens is 356 g/mol. The zero-order chi connectivity index (χ0) is 19.0. The van der Waals surface area contributed by atoms with Crippen LogP contribution in [0.15, 0.2) is 53.6 Å². The Labute approximate surface area is 164 Å². The van der Waals surface area contributed by atoms with Crippen LogP contribution >= 0.6 is 0 Å². The van der Waals surface area contributed by atoms with E-state index < -0.39 is 0 Å². The molecule has 0 spiro atoms. The first kappa shape index (κ1) is 17.5. The first-order chi connectivity index (χ1) is 13.7. The Kier molecular flexibility index (Phi) is 4.45. The minimum Gasteiger partial charge on any atom is -0.491 e. The number of nitrogens with zero attached hydrogens (tertiary/aromatic N) is 1. The third-order valence-corrected chi connectivity index (χ3v) is 5.31. The van der Waals surface area contributed by atoms with Gasteiger partial charge in [0.1, 0.15) is 36.9 Å². The molecule has 0 aromatic heterocycles. The molecule has 6 nitrogen and oxygen atoms in total. The molecule has 2 saturated heterocycles. The van der Waals surface area contributed by atoms with Crippen LogP contribution in [-0.4, -0.2) is 44.3 Å². The highest BCUT2D eigenvalue weighted by molar-refractivity contribution is 6.02. The van der Waals surface area contributed by atoms with Gasteiger partial charge in [0.25, 0.3) is 0 Å². The normalized spacial score (nSPS) is 27.7. The summed E-state index contributed by atoms with van der Waals surface area (Å²) < 4.78 is 21.8. The second-order valence-corrected chi connectivity index (χ2v) is 7.76. The SMILES string of the molecule is CC1(c2ccc(OCC3CO3)cc2)CC(c2ccc(OCC3CO3)cc2)=NN1. The third kappa shape index (κ3) is 3.98. The summed E-state index contributed by atoms with van der Waals surface area (Å²) in [6, 6.07) is 16.3. The van der Waals surface area contributed by atoms with Gasteiger partial charge in [-0.2, -0.15) is 5.10 Å². The van der Waals surface area contributed by atoms with Crippen molar-refractivity contribution in [3.05, 3.63) is 59.7 Å². The molecule has 3 atom stereocenters. The van der Waals surface area contributed by atoms with E-state index in [2.05, 4.69) is 41.7 Å². The van der Waals surface area contributed by atoms with Gasteiger partial charge in [-0.25, -0.2) is 0 Å².